The summed E-state index contributed by atoms with van der Waals surface area (Å²) in [7, 11) is 0. The monoisotopic (exact) mass is 284 g/mol. The molecule has 0 amide bonds. The highest BCUT2D eigenvalue weighted by Crippen LogP contribution is 2.31. The molecule has 1 aromatic carbocycles. The Bertz CT molecular complexity index is 499. The third-order valence-electron chi connectivity index (χ3n) is 3.28. The Balaban J connectivity index is 2.21. The van der Waals surface area contributed by atoms with Crippen LogP contribution in [-0.2, 0) is 4.74 Å². The summed E-state index contributed by atoms with van der Waals surface area (Å²) < 4.78 is 5.65. The third-order valence-corrected chi connectivity index (χ3v) is 3.58. The lowest BCUT2D eigenvalue weighted by Gasteiger charge is -2.25. The van der Waals surface area contributed by atoms with E-state index in [9.17, 15) is 9.90 Å². The Kier molecular flexibility index (Phi) is 3.87. The first-order valence-corrected chi connectivity index (χ1v) is 6.49. The van der Waals surface area contributed by atoms with Crippen LogP contribution >= 0.6 is 11.6 Å². The second-order valence-electron chi connectivity index (χ2n) is 4.99. The predicted molar refractivity (Wildman–Crippen MR) is 74.9 cm³/mol. The number of hydrogen-bond donors (Lipinski definition) is 3. The fraction of sp³-hybridized carbons (Fsp3) is 0.462. The predicted octanol–water partition coefficient (Wildman–Crippen LogP) is 2.60. The molecule has 19 heavy (non-hydrogen) atoms. The SMILES string of the molecule is CC1(CNc2c(Cl)cc(N)cc2C(=O)O)CCCO1. The van der Waals surface area contributed by atoms with Gasteiger partial charge >= 0.3 is 5.97 Å². The quantitative estimate of drug-likeness (QED) is 0.740. The molecular weight excluding hydrogens is 268 g/mol. The van der Waals surface area contributed by atoms with Gasteiger partial charge in [-0.3, -0.25) is 0 Å². The highest BCUT2D eigenvalue weighted by Gasteiger charge is 2.30. The van der Waals surface area contributed by atoms with Gasteiger partial charge in [0.15, 0.2) is 0 Å². The lowest BCUT2D eigenvalue weighted by Crippen LogP contribution is -2.33. The maximum Gasteiger partial charge on any atom is 0.337 e. The Morgan fingerprint density at radius 2 is 2.37 bits per heavy atom. The molecule has 5 nitrogen and oxygen atoms in total. The lowest BCUT2D eigenvalue weighted by atomic mass is 10.0. The molecule has 2 rings (SSSR count). The van der Waals surface area contributed by atoms with E-state index in [1.54, 1.807) is 0 Å². The van der Waals surface area contributed by atoms with Crippen molar-refractivity contribution in [1.29, 1.82) is 0 Å². The van der Waals surface area contributed by atoms with Gasteiger partial charge in [0, 0.05) is 18.8 Å². The topological polar surface area (TPSA) is 84.6 Å². The maximum atomic E-state index is 11.2. The number of aromatic carboxylic acids is 1. The van der Waals surface area contributed by atoms with E-state index in [4.69, 9.17) is 22.1 Å². The van der Waals surface area contributed by atoms with Crippen LogP contribution in [-0.4, -0.2) is 29.8 Å². The Morgan fingerprint density at radius 3 is 2.95 bits per heavy atom. The number of nitrogens with two attached hydrogens (primary N) is 1. The van der Waals surface area contributed by atoms with Gasteiger partial charge in [-0.15, -0.1) is 0 Å². The van der Waals surface area contributed by atoms with Crippen molar-refractivity contribution in [3.05, 3.63) is 22.7 Å². The minimum atomic E-state index is -1.06. The van der Waals surface area contributed by atoms with Crippen LogP contribution in [0.15, 0.2) is 12.1 Å². The number of nitrogens with one attached hydrogen (secondary N) is 1. The highest BCUT2D eigenvalue weighted by molar-refractivity contribution is 6.34. The van der Waals surface area contributed by atoms with E-state index in [1.165, 1.54) is 12.1 Å². The molecule has 0 bridgehead atoms. The number of hydrogen-bond acceptors (Lipinski definition) is 4. The molecule has 6 heteroatoms. The minimum Gasteiger partial charge on any atom is -0.478 e. The van der Waals surface area contributed by atoms with Gasteiger partial charge in [0.2, 0.25) is 0 Å². The van der Waals surface area contributed by atoms with Crippen molar-refractivity contribution in [3.8, 4) is 0 Å². The number of carboxylic acids is 1. The van der Waals surface area contributed by atoms with Crippen LogP contribution < -0.4 is 11.1 Å². The van der Waals surface area contributed by atoms with E-state index >= 15 is 0 Å². The van der Waals surface area contributed by atoms with Crippen molar-refractivity contribution in [2.45, 2.75) is 25.4 Å². The summed E-state index contributed by atoms with van der Waals surface area (Å²) in [6, 6.07) is 2.93. The molecule has 1 aliphatic heterocycles. The fourth-order valence-corrected chi connectivity index (χ4v) is 2.52. The summed E-state index contributed by atoms with van der Waals surface area (Å²) >= 11 is 6.06. The molecule has 1 aliphatic rings. The Labute approximate surface area is 116 Å². The fourth-order valence-electron chi connectivity index (χ4n) is 2.23. The summed E-state index contributed by atoms with van der Waals surface area (Å²) in [5.41, 5.74) is 6.13. The number of benzene rings is 1. The summed E-state index contributed by atoms with van der Waals surface area (Å²) in [6.07, 6.45) is 1.95. The average Bonchev–Trinajstić information content (AvgIpc) is 2.74. The molecule has 1 heterocycles. The van der Waals surface area contributed by atoms with Crippen LogP contribution in [0.4, 0.5) is 11.4 Å². The lowest BCUT2D eigenvalue weighted by molar-refractivity contribution is 0.0315. The molecule has 4 N–H and O–H groups in total. The van der Waals surface area contributed by atoms with Crippen molar-refractivity contribution in [2.24, 2.45) is 0 Å². The van der Waals surface area contributed by atoms with E-state index in [-0.39, 0.29) is 11.2 Å². The van der Waals surface area contributed by atoms with Gasteiger partial charge in [-0.25, -0.2) is 4.79 Å². The number of ether oxygens (including phenoxy) is 1. The number of anilines is 2. The van der Waals surface area contributed by atoms with E-state index < -0.39 is 5.97 Å². The summed E-state index contributed by atoms with van der Waals surface area (Å²) in [4.78, 5) is 11.2. The molecule has 1 aromatic rings. The Morgan fingerprint density at radius 1 is 1.63 bits per heavy atom. The van der Waals surface area contributed by atoms with Crippen LogP contribution in [0.5, 0.6) is 0 Å². The molecule has 0 saturated carbocycles. The molecule has 1 atom stereocenters. The van der Waals surface area contributed by atoms with Crippen LogP contribution in [0.3, 0.4) is 0 Å². The van der Waals surface area contributed by atoms with Crippen LogP contribution in [0.25, 0.3) is 0 Å². The van der Waals surface area contributed by atoms with Gasteiger partial charge in [-0.05, 0) is 31.9 Å². The maximum absolute atomic E-state index is 11.2. The van der Waals surface area contributed by atoms with Gasteiger partial charge in [-0.1, -0.05) is 11.6 Å². The first-order valence-electron chi connectivity index (χ1n) is 6.11. The number of carboxylic acid groups (broad SMARTS) is 1. The minimum absolute atomic E-state index is 0.0756. The van der Waals surface area contributed by atoms with Gasteiger partial charge in [0.05, 0.1) is 21.9 Å². The summed E-state index contributed by atoms with van der Waals surface area (Å²) in [6.45, 7) is 3.25. The van der Waals surface area contributed by atoms with Crippen LogP contribution in [0, 0.1) is 0 Å². The molecular formula is C13H17ClN2O3. The first kappa shape index (κ1) is 14.0. The van der Waals surface area contributed by atoms with Crippen molar-refractivity contribution >= 4 is 28.9 Å². The number of carbonyl (C=O) groups is 1. The molecule has 0 aromatic heterocycles. The second kappa shape index (κ2) is 5.27. The third kappa shape index (κ3) is 3.11. The molecule has 1 fully saturated rings. The standard InChI is InChI=1S/C13H17ClN2O3/c1-13(3-2-4-19-13)7-16-11-9(12(17)18)5-8(15)6-10(11)14/h5-6,16H,2-4,7,15H2,1H3,(H,17,18). The number of nitrogen functional groups attached to an aromatic ring is 1. The second-order valence-corrected chi connectivity index (χ2v) is 5.39. The van der Waals surface area contributed by atoms with Gasteiger partial charge in [0.1, 0.15) is 0 Å². The molecule has 0 spiro atoms. The Hall–Kier alpha value is -1.46. The normalized spacial score (nSPS) is 22.4. The molecule has 1 saturated heterocycles. The number of halogens is 1. The zero-order valence-electron chi connectivity index (χ0n) is 10.7. The largest absolute Gasteiger partial charge is 0.478 e. The zero-order valence-corrected chi connectivity index (χ0v) is 11.5. The van der Waals surface area contributed by atoms with Crippen LogP contribution in [0.1, 0.15) is 30.1 Å². The first-order chi connectivity index (χ1) is 8.91. The molecule has 0 aliphatic carbocycles. The van der Waals surface area contributed by atoms with Gasteiger partial charge < -0.3 is 20.9 Å². The van der Waals surface area contributed by atoms with Crippen LogP contribution in [0.2, 0.25) is 5.02 Å². The summed E-state index contributed by atoms with van der Waals surface area (Å²) in [5.74, 6) is -1.06. The van der Waals surface area contributed by atoms with Crippen molar-refractivity contribution in [3.63, 3.8) is 0 Å². The van der Waals surface area contributed by atoms with Gasteiger partial charge in [0.25, 0.3) is 0 Å². The van der Waals surface area contributed by atoms with E-state index in [1.807, 2.05) is 6.92 Å². The van der Waals surface area contributed by atoms with Crippen molar-refractivity contribution in [2.75, 3.05) is 24.2 Å². The van der Waals surface area contributed by atoms with E-state index in [0.717, 1.165) is 19.4 Å². The van der Waals surface area contributed by atoms with Crippen molar-refractivity contribution in [1.82, 2.24) is 0 Å². The van der Waals surface area contributed by atoms with E-state index in [0.29, 0.717) is 22.9 Å². The van der Waals surface area contributed by atoms with E-state index in [2.05, 4.69) is 5.32 Å². The summed E-state index contributed by atoms with van der Waals surface area (Å²) in [5, 5.41) is 12.6. The zero-order chi connectivity index (χ0) is 14.0. The molecule has 0 radical (unpaired) electrons. The van der Waals surface area contributed by atoms with Gasteiger partial charge in [-0.2, -0.15) is 0 Å². The smallest absolute Gasteiger partial charge is 0.337 e. The molecule has 104 valence electrons. The van der Waals surface area contributed by atoms with Crippen molar-refractivity contribution < 1.29 is 14.6 Å². The average molecular weight is 285 g/mol. The number of rotatable bonds is 4. The highest BCUT2D eigenvalue weighted by atomic mass is 35.5. The molecule has 1 unspecified atom stereocenters.